The average Bonchev–Trinajstić information content (AvgIpc) is 3.10. The number of carbonyl (C=O) groups is 3. The topological polar surface area (TPSA) is 89.4 Å². The normalized spacial score (nSPS) is 16.0. The highest BCUT2D eigenvalue weighted by molar-refractivity contribution is 5.98. The molecule has 0 spiro atoms. The lowest BCUT2D eigenvalue weighted by Crippen LogP contribution is -2.47. The summed E-state index contributed by atoms with van der Waals surface area (Å²) < 4.78 is 6.79. The van der Waals surface area contributed by atoms with Crippen molar-refractivity contribution in [1.29, 1.82) is 0 Å². The predicted molar refractivity (Wildman–Crippen MR) is 84.0 cm³/mol. The smallest absolute Gasteiger partial charge is 0.355 e. The Bertz CT molecular complexity index is 602. The molecule has 1 aliphatic rings. The average molecular weight is 321 g/mol. The van der Waals surface area contributed by atoms with E-state index in [1.54, 1.807) is 23.7 Å². The molecule has 23 heavy (non-hydrogen) atoms. The van der Waals surface area contributed by atoms with E-state index in [9.17, 15) is 14.4 Å². The molecule has 1 aromatic rings. The fraction of sp³-hybridized carbons (Fsp3) is 0.562. The van der Waals surface area contributed by atoms with E-state index in [2.05, 4.69) is 10.6 Å². The summed E-state index contributed by atoms with van der Waals surface area (Å²) in [4.78, 5) is 35.7. The van der Waals surface area contributed by atoms with Crippen LogP contribution in [0.4, 0.5) is 4.79 Å². The highest BCUT2D eigenvalue weighted by Gasteiger charge is 2.24. The van der Waals surface area contributed by atoms with Crippen molar-refractivity contribution < 1.29 is 19.1 Å². The van der Waals surface area contributed by atoms with E-state index < -0.39 is 24.0 Å². The number of hydrogen-bond donors (Lipinski definition) is 2. The molecule has 1 fully saturated rings. The van der Waals surface area contributed by atoms with Crippen LogP contribution in [-0.4, -0.2) is 34.6 Å². The van der Waals surface area contributed by atoms with Gasteiger partial charge in [-0.25, -0.2) is 9.59 Å². The third kappa shape index (κ3) is 4.34. The molecule has 0 unspecified atom stereocenters. The number of rotatable bonds is 4. The van der Waals surface area contributed by atoms with Gasteiger partial charge in [0.25, 0.3) is 5.91 Å². The van der Waals surface area contributed by atoms with Crippen LogP contribution in [0.25, 0.3) is 0 Å². The SMILES string of the molecule is Cc1ccc(C(=O)O[C@H](C)C(=O)NC(=O)NC2CCCC2)n1C. The van der Waals surface area contributed by atoms with Gasteiger partial charge in [0.2, 0.25) is 0 Å². The van der Waals surface area contributed by atoms with Crippen molar-refractivity contribution in [2.24, 2.45) is 7.05 Å². The maximum Gasteiger partial charge on any atom is 0.355 e. The molecule has 0 saturated heterocycles. The maximum absolute atomic E-state index is 12.0. The first-order valence-electron chi connectivity index (χ1n) is 7.83. The number of urea groups is 1. The fourth-order valence-corrected chi connectivity index (χ4v) is 2.60. The van der Waals surface area contributed by atoms with Gasteiger partial charge in [-0.2, -0.15) is 0 Å². The van der Waals surface area contributed by atoms with Crippen molar-refractivity contribution in [2.45, 2.75) is 51.7 Å². The minimum atomic E-state index is -1.05. The lowest BCUT2D eigenvalue weighted by molar-refractivity contribution is -0.127. The van der Waals surface area contributed by atoms with E-state index in [0.29, 0.717) is 5.69 Å². The second kappa shape index (κ2) is 7.30. The summed E-state index contributed by atoms with van der Waals surface area (Å²) in [6.07, 6.45) is 2.98. The Balaban J connectivity index is 1.83. The zero-order chi connectivity index (χ0) is 17.0. The van der Waals surface area contributed by atoms with Gasteiger partial charge in [0, 0.05) is 18.8 Å². The first kappa shape index (κ1) is 17.1. The fourth-order valence-electron chi connectivity index (χ4n) is 2.60. The van der Waals surface area contributed by atoms with E-state index in [0.717, 1.165) is 31.4 Å². The van der Waals surface area contributed by atoms with E-state index in [4.69, 9.17) is 4.74 Å². The summed E-state index contributed by atoms with van der Waals surface area (Å²) in [6, 6.07) is 3.00. The summed E-state index contributed by atoms with van der Waals surface area (Å²) in [6.45, 7) is 3.30. The van der Waals surface area contributed by atoms with Crippen LogP contribution in [0.2, 0.25) is 0 Å². The number of amides is 3. The van der Waals surface area contributed by atoms with Crippen LogP contribution in [0.3, 0.4) is 0 Å². The standard InChI is InChI=1S/C16H23N3O4/c1-10-8-9-13(19(10)3)15(21)23-11(2)14(20)18-16(22)17-12-6-4-5-7-12/h8-9,11-12H,4-7H2,1-3H3,(H2,17,18,20,22)/t11-/m1/s1. The number of ether oxygens (including phenoxy) is 1. The van der Waals surface area contributed by atoms with Gasteiger partial charge in [-0.1, -0.05) is 12.8 Å². The Morgan fingerprint density at radius 1 is 1.26 bits per heavy atom. The van der Waals surface area contributed by atoms with Crippen LogP contribution < -0.4 is 10.6 Å². The Morgan fingerprint density at radius 3 is 2.48 bits per heavy atom. The minimum absolute atomic E-state index is 0.118. The molecule has 126 valence electrons. The molecule has 0 radical (unpaired) electrons. The molecule has 0 bridgehead atoms. The highest BCUT2D eigenvalue weighted by Crippen LogP contribution is 2.17. The van der Waals surface area contributed by atoms with Gasteiger partial charge in [-0.15, -0.1) is 0 Å². The first-order chi connectivity index (χ1) is 10.9. The molecule has 7 nitrogen and oxygen atoms in total. The van der Waals surface area contributed by atoms with Crippen LogP contribution in [0, 0.1) is 6.92 Å². The molecular formula is C16H23N3O4. The molecular weight excluding hydrogens is 298 g/mol. The van der Waals surface area contributed by atoms with Gasteiger partial charge >= 0.3 is 12.0 Å². The van der Waals surface area contributed by atoms with Crippen LogP contribution in [-0.2, 0) is 16.6 Å². The summed E-state index contributed by atoms with van der Waals surface area (Å²) in [5.41, 5.74) is 1.27. The molecule has 1 aliphatic carbocycles. The van der Waals surface area contributed by atoms with Crippen molar-refractivity contribution in [1.82, 2.24) is 15.2 Å². The predicted octanol–water partition coefficient (Wildman–Crippen LogP) is 1.65. The largest absolute Gasteiger partial charge is 0.448 e. The number of imide groups is 1. The monoisotopic (exact) mass is 321 g/mol. The van der Waals surface area contributed by atoms with Gasteiger partial charge in [0.1, 0.15) is 5.69 Å². The molecule has 1 atom stereocenters. The summed E-state index contributed by atoms with van der Waals surface area (Å²) in [5.74, 6) is -1.24. The Morgan fingerprint density at radius 2 is 1.91 bits per heavy atom. The lowest BCUT2D eigenvalue weighted by Gasteiger charge is -2.15. The Labute approximate surface area is 135 Å². The van der Waals surface area contributed by atoms with Gasteiger partial charge in [0.15, 0.2) is 6.10 Å². The van der Waals surface area contributed by atoms with Crippen LogP contribution >= 0.6 is 0 Å². The van der Waals surface area contributed by atoms with Crippen molar-refractivity contribution in [2.75, 3.05) is 0 Å². The second-order valence-corrected chi connectivity index (χ2v) is 5.91. The van der Waals surface area contributed by atoms with Crippen LogP contribution in [0.5, 0.6) is 0 Å². The van der Waals surface area contributed by atoms with Crippen molar-refractivity contribution in [3.8, 4) is 0 Å². The molecule has 7 heteroatoms. The van der Waals surface area contributed by atoms with E-state index in [-0.39, 0.29) is 6.04 Å². The Kier molecular flexibility index (Phi) is 5.41. The number of nitrogens with zero attached hydrogens (tertiary/aromatic N) is 1. The third-order valence-corrected chi connectivity index (χ3v) is 4.16. The number of esters is 1. The summed E-state index contributed by atoms with van der Waals surface area (Å²) >= 11 is 0. The zero-order valence-electron chi connectivity index (χ0n) is 13.7. The maximum atomic E-state index is 12.0. The number of nitrogens with one attached hydrogen (secondary N) is 2. The molecule has 3 amide bonds. The molecule has 1 heterocycles. The zero-order valence-corrected chi connectivity index (χ0v) is 13.7. The molecule has 0 aromatic carbocycles. The number of hydrogen-bond acceptors (Lipinski definition) is 4. The molecule has 2 rings (SSSR count). The lowest BCUT2D eigenvalue weighted by atomic mass is 10.2. The number of aromatic nitrogens is 1. The third-order valence-electron chi connectivity index (χ3n) is 4.16. The molecule has 1 saturated carbocycles. The van der Waals surface area contributed by atoms with E-state index in [1.165, 1.54) is 6.92 Å². The van der Waals surface area contributed by atoms with E-state index in [1.807, 2.05) is 6.92 Å². The number of carbonyl (C=O) groups excluding carboxylic acids is 3. The summed E-state index contributed by atoms with van der Waals surface area (Å²) in [7, 11) is 1.74. The second-order valence-electron chi connectivity index (χ2n) is 5.91. The van der Waals surface area contributed by atoms with E-state index >= 15 is 0 Å². The molecule has 0 aliphatic heterocycles. The minimum Gasteiger partial charge on any atom is -0.448 e. The van der Waals surface area contributed by atoms with Crippen molar-refractivity contribution in [3.05, 3.63) is 23.5 Å². The number of aryl methyl sites for hydroxylation is 1. The molecule has 1 aromatic heterocycles. The highest BCUT2D eigenvalue weighted by atomic mass is 16.5. The van der Waals surface area contributed by atoms with Gasteiger partial charge in [0.05, 0.1) is 0 Å². The quantitative estimate of drug-likeness (QED) is 0.825. The van der Waals surface area contributed by atoms with Gasteiger partial charge in [-0.05, 0) is 38.8 Å². The molecule has 2 N–H and O–H groups in total. The summed E-state index contributed by atoms with van der Waals surface area (Å²) in [5, 5.41) is 4.96. The van der Waals surface area contributed by atoms with Gasteiger partial charge < -0.3 is 14.6 Å². The Hall–Kier alpha value is -2.31. The van der Waals surface area contributed by atoms with Crippen LogP contribution in [0.1, 0.15) is 48.8 Å². The van der Waals surface area contributed by atoms with Crippen molar-refractivity contribution in [3.63, 3.8) is 0 Å². The van der Waals surface area contributed by atoms with Gasteiger partial charge in [-0.3, -0.25) is 10.1 Å². The first-order valence-corrected chi connectivity index (χ1v) is 7.83. The van der Waals surface area contributed by atoms with Crippen LogP contribution in [0.15, 0.2) is 12.1 Å². The van der Waals surface area contributed by atoms with Crippen molar-refractivity contribution >= 4 is 17.9 Å².